The number of hydrogen-bond donors (Lipinski definition) is 3. The SMILES string of the molecule is C.CC(C)(C)OC(=O)OC(=O)OC(C)(C)C.CC(C)(C)OC(=O)n1ccc2c(N3CCN(S(=O)(=O)NCCc4ccccc4)C4(CC4)C3)ncnc21.O=S(=O)(NCCc1ccccc1)N1CCN(c2ncnc3[nH]ccc23)CC12CC2. The molecule has 81 heavy (non-hydrogen) atoms. The van der Waals surface area contributed by atoms with Gasteiger partial charge in [0.1, 0.15) is 46.7 Å². The van der Waals surface area contributed by atoms with Gasteiger partial charge < -0.3 is 33.7 Å². The summed E-state index contributed by atoms with van der Waals surface area (Å²) >= 11 is 0. The lowest BCUT2D eigenvalue weighted by atomic mass is 10.1. The smallest absolute Gasteiger partial charge is 0.443 e. The van der Waals surface area contributed by atoms with E-state index in [4.69, 9.17) is 14.2 Å². The number of H-pyrrole nitrogens is 1. The molecule has 2 saturated heterocycles. The number of anilines is 2. The average Bonchev–Trinajstić information content (AvgIpc) is 3.15. The molecular formula is C56H78N12O11S2. The van der Waals surface area contributed by atoms with E-state index in [1.807, 2.05) is 99.8 Å². The first-order valence-corrected chi connectivity index (χ1v) is 29.6. The summed E-state index contributed by atoms with van der Waals surface area (Å²) in [6.07, 6.45) is 8.55. The molecule has 6 heterocycles. The van der Waals surface area contributed by atoms with E-state index in [-0.39, 0.29) is 13.0 Å². The van der Waals surface area contributed by atoms with Gasteiger partial charge in [0.05, 0.1) is 21.9 Å². The third-order valence-corrected chi connectivity index (χ3v) is 16.9. The van der Waals surface area contributed by atoms with Gasteiger partial charge in [0.2, 0.25) is 0 Å². The van der Waals surface area contributed by atoms with Gasteiger partial charge in [0.25, 0.3) is 20.4 Å². The molecule has 10 rings (SSSR count). The van der Waals surface area contributed by atoms with Crippen molar-refractivity contribution in [3.63, 3.8) is 0 Å². The topological polar surface area (TPSA) is 266 Å². The zero-order valence-corrected chi connectivity index (χ0v) is 48.6. The zero-order valence-electron chi connectivity index (χ0n) is 47.0. The molecule has 4 aliphatic rings. The lowest BCUT2D eigenvalue weighted by Crippen LogP contribution is -2.59. The largest absolute Gasteiger partial charge is 0.519 e. The van der Waals surface area contributed by atoms with Gasteiger partial charge >= 0.3 is 18.4 Å². The Morgan fingerprint density at radius 2 is 1.02 bits per heavy atom. The minimum Gasteiger partial charge on any atom is -0.443 e. The summed E-state index contributed by atoms with van der Waals surface area (Å²) in [6.45, 7) is 19.3. The molecule has 3 N–H and O–H groups in total. The second-order valence-corrected chi connectivity index (χ2v) is 26.6. The Balaban J connectivity index is 0.000000189. The molecule has 2 aliphatic heterocycles. The van der Waals surface area contributed by atoms with Crippen molar-refractivity contribution >= 4 is 72.5 Å². The molecule has 2 aliphatic carbocycles. The molecule has 440 valence electrons. The van der Waals surface area contributed by atoms with Crippen LogP contribution in [0.5, 0.6) is 0 Å². The summed E-state index contributed by atoms with van der Waals surface area (Å²) in [7, 11) is -7.13. The molecule has 0 atom stereocenters. The highest BCUT2D eigenvalue weighted by molar-refractivity contribution is 7.87. The molecule has 25 heteroatoms. The van der Waals surface area contributed by atoms with Crippen molar-refractivity contribution in [2.24, 2.45) is 0 Å². The molecule has 6 aromatic rings. The van der Waals surface area contributed by atoms with Crippen LogP contribution in [0.1, 0.15) is 107 Å². The Bertz CT molecular complexity index is 3320. The fourth-order valence-electron chi connectivity index (χ4n) is 9.60. The number of ether oxygens (including phenoxy) is 4. The van der Waals surface area contributed by atoms with Crippen molar-refractivity contribution in [2.45, 2.75) is 136 Å². The summed E-state index contributed by atoms with van der Waals surface area (Å²) in [5.41, 5.74) is 0.704. The Morgan fingerprint density at radius 1 is 0.580 bits per heavy atom. The van der Waals surface area contributed by atoms with Gasteiger partial charge in [-0.1, -0.05) is 68.1 Å². The summed E-state index contributed by atoms with van der Waals surface area (Å²) in [6, 6.07) is 23.5. The average molecular weight is 1160 g/mol. The highest BCUT2D eigenvalue weighted by Gasteiger charge is 2.57. The Kier molecular flexibility index (Phi) is 18.9. The van der Waals surface area contributed by atoms with Crippen molar-refractivity contribution in [1.29, 1.82) is 0 Å². The van der Waals surface area contributed by atoms with Crippen molar-refractivity contribution in [3.8, 4) is 0 Å². The maximum atomic E-state index is 13.2. The van der Waals surface area contributed by atoms with Gasteiger partial charge in [-0.3, -0.25) is 0 Å². The van der Waals surface area contributed by atoms with Crippen LogP contribution in [-0.4, -0.2) is 154 Å². The van der Waals surface area contributed by atoms with Crippen LogP contribution in [0.3, 0.4) is 0 Å². The normalized spacial score (nSPS) is 17.0. The number of carbonyl (C=O) groups is 3. The number of aromatic amines is 1. The maximum Gasteiger partial charge on any atom is 0.519 e. The van der Waals surface area contributed by atoms with Crippen LogP contribution in [0, 0.1) is 0 Å². The van der Waals surface area contributed by atoms with Gasteiger partial charge in [-0.05, 0) is 124 Å². The molecule has 0 unspecified atom stereocenters. The molecule has 0 bridgehead atoms. The van der Waals surface area contributed by atoms with Crippen LogP contribution < -0.4 is 19.2 Å². The van der Waals surface area contributed by atoms with Gasteiger partial charge in [0.15, 0.2) is 5.65 Å². The summed E-state index contributed by atoms with van der Waals surface area (Å²) in [5.74, 6) is 1.57. The number of benzene rings is 2. The molecule has 0 amide bonds. The molecule has 0 radical (unpaired) electrons. The van der Waals surface area contributed by atoms with Gasteiger partial charge in [-0.25, -0.2) is 48.3 Å². The number of nitrogens with zero attached hydrogens (tertiary/aromatic N) is 9. The van der Waals surface area contributed by atoms with E-state index in [2.05, 4.69) is 48.9 Å². The zero-order chi connectivity index (χ0) is 57.7. The standard InChI is InChI=1S/C25H32N6O4S.C20H24N6O2S.C10H18O5.CH4/c1-24(2,3)35-23(32)30-14-10-20-21(26-18-27-22(20)30)29-15-16-31(25(17-29)11-12-25)36(33,34)28-13-9-19-7-5-4-6-8-19;27-29(28,24-11-6-16-4-2-1-3-5-16)26-13-12-25(14-20(26)8-9-20)19-17-7-10-21-18(17)22-15-23-19;1-9(2,3)14-7(11)13-8(12)15-10(4,5)6;/h4-8,10,14,18,28H,9,11-13,15-17H2,1-3H3;1-5,7,10,15,24H,6,8-9,11-14H2,(H,21,22,23);1-6H3;1H4. The van der Waals surface area contributed by atoms with Crippen LogP contribution in [0.15, 0.2) is 97.8 Å². The van der Waals surface area contributed by atoms with E-state index in [0.717, 1.165) is 59.0 Å². The van der Waals surface area contributed by atoms with Crippen LogP contribution >= 0.6 is 0 Å². The van der Waals surface area contributed by atoms with E-state index in [0.29, 0.717) is 76.7 Å². The Morgan fingerprint density at radius 3 is 1.47 bits per heavy atom. The number of hydrogen-bond acceptors (Lipinski definition) is 17. The predicted octanol–water partition coefficient (Wildman–Crippen LogP) is 8.15. The van der Waals surface area contributed by atoms with E-state index in [1.165, 1.54) is 10.9 Å². The molecule has 4 aromatic heterocycles. The first kappa shape index (κ1) is 61.8. The minimum absolute atomic E-state index is 0. The summed E-state index contributed by atoms with van der Waals surface area (Å²) < 4.78 is 82.0. The Hall–Kier alpha value is -6.77. The molecule has 2 spiro atoms. The van der Waals surface area contributed by atoms with Crippen molar-refractivity contribution in [1.82, 2.24) is 47.5 Å². The fraction of sp³-hybridized carbons (Fsp3) is 0.518. The lowest BCUT2D eigenvalue weighted by Gasteiger charge is -2.41. The van der Waals surface area contributed by atoms with E-state index < -0.39 is 61.2 Å². The van der Waals surface area contributed by atoms with Crippen LogP contribution in [0.2, 0.25) is 0 Å². The number of nitrogens with one attached hydrogen (secondary N) is 3. The lowest BCUT2D eigenvalue weighted by molar-refractivity contribution is -0.0294. The third kappa shape index (κ3) is 16.2. The van der Waals surface area contributed by atoms with Gasteiger partial charge in [0, 0.05) is 64.8 Å². The number of rotatable bonds is 12. The second-order valence-electron chi connectivity index (χ2n) is 23.3. The van der Waals surface area contributed by atoms with Crippen molar-refractivity contribution < 1.29 is 50.2 Å². The van der Waals surface area contributed by atoms with Crippen LogP contribution in [0.4, 0.5) is 26.0 Å². The molecule has 2 aromatic carbocycles. The minimum atomic E-state index is -3.61. The van der Waals surface area contributed by atoms with Crippen molar-refractivity contribution in [2.75, 3.05) is 62.2 Å². The van der Waals surface area contributed by atoms with Crippen molar-refractivity contribution in [3.05, 3.63) is 109 Å². The summed E-state index contributed by atoms with van der Waals surface area (Å²) in [4.78, 5) is 59.6. The molecule has 23 nitrogen and oxygen atoms in total. The van der Waals surface area contributed by atoms with Crippen LogP contribution in [0.25, 0.3) is 22.1 Å². The number of carbonyl (C=O) groups excluding carboxylic acids is 3. The predicted molar refractivity (Wildman–Crippen MR) is 309 cm³/mol. The first-order chi connectivity index (χ1) is 37.6. The second kappa shape index (κ2) is 24.8. The third-order valence-electron chi connectivity index (χ3n) is 13.4. The fourth-order valence-corrected chi connectivity index (χ4v) is 12.8. The molecule has 2 saturated carbocycles. The van der Waals surface area contributed by atoms with E-state index in [9.17, 15) is 31.2 Å². The monoisotopic (exact) mass is 1160 g/mol. The summed E-state index contributed by atoms with van der Waals surface area (Å²) in [5, 5.41) is 1.71. The molecule has 4 fully saturated rings. The molecular weight excluding hydrogens is 1080 g/mol. The van der Waals surface area contributed by atoms with Crippen LogP contribution in [-0.2, 0) is 52.2 Å². The number of fused-ring (bicyclic) bond motifs is 2. The first-order valence-electron chi connectivity index (χ1n) is 26.7. The van der Waals surface area contributed by atoms with E-state index in [1.54, 1.807) is 62.7 Å². The highest BCUT2D eigenvalue weighted by atomic mass is 32.2. The number of piperazine rings is 2. The highest BCUT2D eigenvalue weighted by Crippen LogP contribution is 2.48. The maximum absolute atomic E-state index is 13.2. The van der Waals surface area contributed by atoms with Gasteiger partial charge in [-0.15, -0.1) is 0 Å². The van der Waals surface area contributed by atoms with Gasteiger partial charge in [-0.2, -0.15) is 25.4 Å². The number of aromatic nitrogens is 6. The quantitative estimate of drug-likeness (QED) is 0.0593. The Labute approximate surface area is 475 Å². The van der Waals surface area contributed by atoms with E-state index >= 15 is 0 Å².